The van der Waals surface area contributed by atoms with Gasteiger partial charge in [-0.1, -0.05) is 12.8 Å². The molecular formula is C7H11NO2. The van der Waals surface area contributed by atoms with Crippen LogP contribution in [0.3, 0.4) is 0 Å². The normalized spacial score (nSPS) is 20.1. The van der Waals surface area contributed by atoms with Crippen LogP contribution in [0, 0.1) is 5.92 Å². The van der Waals surface area contributed by atoms with Gasteiger partial charge in [-0.15, -0.1) is 0 Å². The van der Waals surface area contributed by atoms with Crippen LogP contribution in [-0.4, -0.2) is 18.1 Å². The molecule has 0 spiro atoms. The summed E-state index contributed by atoms with van der Waals surface area (Å²) < 4.78 is 0. The molecule has 0 radical (unpaired) electrons. The van der Waals surface area contributed by atoms with Crippen molar-refractivity contribution in [1.82, 2.24) is 0 Å². The van der Waals surface area contributed by atoms with Crippen molar-refractivity contribution >= 4 is 12.1 Å². The molecule has 1 rings (SSSR count). The molecule has 0 aromatic heterocycles. The van der Waals surface area contributed by atoms with Crippen molar-refractivity contribution in [2.75, 3.05) is 0 Å². The molecule has 0 amide bonds. The fourth-order valence-electron chi connectivity index (χ4n) is 0.916. The summed E-state index contributed by atoms with van der Waals surface area (Å²) in [6.45, 7) is 0. The van der Waals surface area contributed by atoms with Gasteiger partial charge < -0.3 is 5.73 Å². The minimum atomic E-state index is -0.537. The second kappa shape index (κ2) is 2.92. The van der Waals surface area contributed by atoms with E-state index in [0.29, 0.717) is 18.6 Å². The standard InChI is InChI=1S/C7H11NO2/c8-6(7(10)4-9)3-5-1-2-5/h4-6H,1-3,8H2. The molecule has 1 atom stereocenters. The zero-order valence-corrected chi connectivity index (χ0v) is 5.75. The third-order valence-corrected chi connectivity index (χ3v) is 1.77. The third kappa shape index (κ3) is 1.92. The van der Waals surface area contributed by atoms with Crippen LogP contribution in [0.25, 0.3) is 0 Å². The average Bonchev–Trinajstić information content (AvgIpc) is 2.70. The van der Waals surface area contributed by atoms with E-state index in [4.69, 9.17) is 5.73 Å². The minimum absolute atomic E-state index is 0.313. The molecule has 0 bridgehead atoms. The Bertz CT molecular complexity index is 152. The number of ketones is 1. The molecule has 1 unspecified atom stereocenters. The number of hydrogen-bond donors (Lipinski definition) is 1. The van der Waals surface area contributed by atoms with Crippen LogP contribution in [-0.2, 0) is 9.59 Å². The van der Waals surface area contributed by atoms with Gasteiger partial charge in [-0.3, -0.25) is 9.59 Å². The Hall–Kier alpha value is -0.700. The van der Waals surface area contributed by atoms with E-state index >= 15 is 0 Å². The minimum Gasteiger partial charge on any atom is -0.321 e. The number of Topliss-reactive ketones (excluding diaryl/α,β-unsaturated/α-hetero) is 1. The monoisotopic (exact) mass is 141 g/mol. The second-order valence-corrected chi connectivity index (χ2v) is 2.81. The SMILES string of the molecule is NC(CC1CC1)C(=O)C=O. The highest BCUT2D eigenvalue weighted by Crippen LogP contribution is 2.33. The van der Waals surface area contributed by atoms with Gasteiger partial charge in [0.2, 0.25) is 5.78 Å². The second-order valence-electron chi connectivity index (χ2n) is 2.81. The van der Waals surface area contributed by atoms with E-state index in [2.05, 4.69) is 0 Å². The lowest BCUT2D eigenvalue weighted by atomic mass is 10.1. The van der Waals surface area contributed by atoms with E-state index in [9.17, 15) is 9.59 Å². The Kier molecular flexibility index (Phi) is 2.17. The van der Waals surface area contributed by atoms with Crippen LogP contribution < -0.4 is 5.73 Å². The summed E-state index contributed by atoms with van der Waals surface area (Å²) in [5, 5.41) is 0. The van der Waals surface area contributed by atoms with E-state index in [-0.39, 0.29) is 0 Å². The lowest BCUT2D eigenvalue weighted by Gasteiger charge is -2.02. The van der Waals surface area contributed by atoms with E-state index < -0.39 is 11.8 Å². The molecule has 0 aromatic carbocycles. The van der Waals surface area contributed by atoms with Gasteiger partial charge in [-0.25, -0.2) is 0 Å². The fourth-order valence-corrected chi connectivity index (χ4v) is 0.916. The first-order valence-electron chi connectivity index (χ1n) is 3.48. The third-order valence-electron chi connectivity index (χ3n) is 1.77. The molecule has 1 fully saturated rings. The van der Waals surface area contributed by atoms with Crippen molar-refractivity contribution in [3.05, 3.63) is 0 Å². The maximum absolute atomic E-state index is 10.6. The summed E-state index contributed by atoms with van der Waals surface area (Å²) in [6, 6.07) is -0.537. The number of nitrogens with two attached hydrogens (primary N) is 1. The van der Waals surface area contributed by atoms with Crippen LogP contribution >= 0.6 is 0 Å². The highest BCUT2D eigenvalue weighted by atomic mass is 16.2. The first-order chi connectivity index (χ1) is 4.74. The molecule has 10 heavy (non-hydrogen) atoms. The van der Waals surface area contributed by atoms with E-state index in [0.717, 1.165) is 0 Å². The molecule has 0 saturated heterocycles. The van der Waals surface area contributed by atoms with Crippen molar-refractivity contribution in [2.45, 2.75) is 25.3 Å². The quantitative estimate of drug-likeness (QED) is 0.438. The Morgan fingerprint density at radius 3 is 2.70 bits per heavy atom. The molecule has 56 valence electrons. The summed E-state index contributed by atoms with van der Waals surface area (Å²) in [6.07, 6.45) is 3.34. The summed E-state index contributed by atoms with van der Waals surface area (Å²) in [5.41, 5.74) is 5.39. The van der Waals surface area contributed by atoms with E-state index in [1.165, 1.54) is 12.8 Å². The highest BCUT2D eigenvalue weighted by Gasteiger charge is 2.26. The number of aldehydes is 1. The number of carbonyl (C=O) groups is 2. The average molecular weight is 141 g/mol. The van der Waals surface area contributed by atoms with Gasteiger partial charge >= 0.3 is 0 Å². The predicted octanol–water partition coefficient (Wildman–Crippen LogP) is -0.118. The molecular weight excluding hydrogens is 130 g/mol. The first-order valence-corrected chi connectivity index (χ1v) is 3.48. The Morgan fingerprint density at radius 1 is 1.70 bits per heavy atom. The summed E-state index contributed by atoms with van der Waals surface area (Å²) >= 11 is 0. The van der Waals surface area contributed by atoms with Crippen LogP contribution in [0.15, 0.2) is 0 Å². The molecule has 3 heteroatoms. The zero-order valence-electron chi connectivity index (χ0n) is 5.75. The zero-order chi connectivity index (χ0) is 7.56. The lowest BCUT2D eigenvalue weighted by molar-refractivity contribution is -0.130. The van der Waals surface area contributed by atoms with Crippen molar-refractivity contribution < 1.29 is 9.59 Å². The molecule has 1 saturated carbocycles. The Morgan fingerprint density at radius 2 is 2.30 bits per heavy atom. The van der Waals surface area contributed by atoms with Crippen LogP contribution in [0.2, 0.25) is 0 Å². The maximum Gasteiger partial charge on any atom is 0.211 e. The molecule has 2 N–H and O–H groups in total. The Labute approximate surface area is 59.6 Å². The van der Waals surface area contributed by atoms with Crippen molar-refractivity contribution in [3.63, 3.8) is 0 Å². The van der Waals surface area contributed by atoms with Gasteiger partial charge in [0.1, 0.15) is 0 Å². The summed E-state index contributed by atoms with van der Waals surface area (Å²) in [5.74, 6) is 0.144. The van der Waals surface area contributed by atoms with Crippen LogP contribution in [0.1, 0.15) is 19.3 Å². The highest BCUT2D eigenvalue weighted by molar-refractivity contribution is 6.27. The van der Waals surface area contributed by atoms with Gasteiger partial charge in [-0.05, 0) is 12.3 Å². The Balaban J connectivity index is 2.24. The van der Waals surface area contributed by atoms with Crippen molar-refractivity contribution in [3.8, 4) is 0 Å². The van der Waals surface area contributed by atoms with Gasteiger partial charge in [-0.2, -0.15) is 0 Å². The summed E-state index contributed by atoms with van der Waals surface area (Å²) in [7, 11) is 0. The molecule has 3 nitrogen and oxygen atoms in total. The predicted molar refractivity (Wildman–Crippen MR) is 36.4 cm³/mol. The van der Waals surface area contributed by atoms with Gasteiger partial charge in [0, 0.05) is 0 Å². The number of carbonyl (C=O) groups excluding carboxylic acids is 2. The topological polar surface area (TPSA) is 60.2 Å². The molecule has 0 aliphatic heterocycles. The summed E-state index contributed by atoms with van der Waals surface area (Å²) in [4.78, 5) is 20.5. The van der Waals surface area contributed by atoms with Gasteiger partial charge in [0.15, 0.2) is 6.29 Å². The van der Waals surface area contributed by atoms with E-state index in [1.807, 2.05) is 0 Å². The lowest BCUT2D eigenvalue weighted by Crippen LogP contribution is -2.31. The van der Waals surface area contributed by atoms with Crippen molar-refractivity contribution in [1.29, 1.82) is 0 Å². The maximum atomic E-state index is 10.6. The molecule has 1 aliphatic carbocycles. The molecule has 0 heterocycles. The fraction of sp³-hybridized carbons (Fsp3) is 0.714. The number of hydrogen-bond acceptors (Lipinski definition) is 3. The van der Waals surface area contributed by atoms with Crippen LogP contribution in [0.4, 0.5) is 0 Å². The van der Waals surface area contributed by atoms with Gasteiger partial charge in [0.25, 0.3) is 0 Å². The number of rotatable bonds is 4. The smallest absolute Gasteiger partial charge is 0.211 e. The van der Waals surface area contributed by atoms with Crippen LogP contribution in [0.5, 0.6) is 0 Å². The van der Waals surface area contributed by atoms with Crippen molar-refractivity contribution in [2.24, 2.45) is 11.7 Å². The first kappa shape index (κ1) is 7.41. The molecule has 1 aliphatic rings. The van der Waals surface area contributed by atoms with Gasteiger partial charge in [0.05, 0.1) is 6.04 Å². The molecule has 0 aromatic rings. The largest absolute Gasteiger partial charge is 0.321 e. The van der Waals surface area contributed by atoms with E-state index in [1.54, 1.807) is 0 Å².